The van der Waals surface area contributed by atoms with Crippen molar-refractivity contribution in [2.24, 2.45) is 11.5 Å². The minimum Gasteiger partial charge on any atom is -0.377 e. The van der Waals surface area contributed by atoms with Gasteiger partial charge in [0.05, 0.1) is 0 Å². The lowest BCUT2D eigenvalue weighted by atomic mass is 10.6. The van der Waals surface area contributed by atoms with Gasteiger partial charge in [-0.15, -0.1) is 11.8 Å². The van der Waals surface area contributed by atoms with E-state index in [1.807, 2.05) is 0 Å². The Morgan fingerprint density at radius 1 is 1.14 bits per heavy atom. The molecule has 4 N–H and O–H groups in total. The van der Waals surface area contributed by atoms with Crippen molar-refractivity contribution in [3.8, 4) is 0 Å². The van der Waals surface area contributed by atoms with Crippen LogP contribution in [0.25, 0.3) is 0 Å². The molecule has 0 radical (unpaired) electrons. The van der Waals surface area contributed by atoms with Crippen molar-refractivity contribution < 1.29 is 13.3 Å². The minimum absolute atomic E-state index is 0.307. The van der Waals surface area contributed by atoms with Gasteiger partial charge in [-0.1, -0.05) is 0 Å². The average Bonchev–Trinajstić information content (AvgIpc) is 2.19. The zero-order valence-corrected chi connectivity index (χ0v) is 10.8. The van der Waals surface area contributed by atoms with E-state index in [0.29, 0.717) is 0 Å². The highest BCUT2D eigenvalue weighted by molar-refractivity contribution is 7.99. The van der Waals surface area contributed by atoms with E-state index in [2.05, 4.69) is 0 Å². The first-order valence-corrected chi connectivity index (χ1v) is 7.36. The van der Waals surface area contributed by atoms with Crippen LogP contribution in [0.1, 0.15) is 6.42 Å². The first-order chi connectivity index (χ1) is 6.60. The number of rotatable bonds is 8. The van der Waals surface area contributed by atoms with Crippen LogP contribution in [0.4, 0.5) is 0 Å². The second-order valence-corrected chi connectivity index (χ2v) is 7.11. The molecule has 0 aromatic heterocycles. The molecule has 0 spiro atoms. The van der Waals surface area contributed by atoms with Gasteiger partial charge in [0.1, 0.15) is 5.50 Å². The van der Waals surface area contributed by atoms with Crippen LogP contribution in [-0.4, -0.2) is 41.4 Å². The van der Waals surface area contributed by atoms with Crippen LogP contribution in [0.15, 0.2) is 0 Å². The molecule has 0 saturated heterocycles. The first-order valence-electron chi connectivity index (χ1n) is 4.38. The van der Waals surface area contributed by atoms with E-state index < -0.39 is 8.80 Å². The Labute approximate surface area is 90.8 Å². The summed E-state index contributed by atoms with van der Waals surface area (Å²) in [6.45, 7) is 0. The van der Waals surface area contributed by atoms with Gasteiger partial charge in [0.2, 0.25) is 0 Å². The van der Waals surface area contributed by atoms with Crippen LogP contribution in [0.2, 0.25) is 6.04 Å². The molecule has 0 rings (SSSR count). The molecule has 0 atom stereocenters. The third-order valence-electron chi connectivity index (χ3n) is 1.87. The Kier molecular flexibility index (Phi) is 7.83. The summed E-state index contributed by atoms with van der Waals surface area (Å²) in [6, 6.07) is 0.788. The van der Waals surface area contributed by atoms with E-state index >= 15 is 0 Å². The molecule has 0 saturated carbocycles. The van der Waals surface area contributed by atoms with Crippen molar-refractivity contribution in [1.82, 2.24) is 0 Å². The van der Waals surface area contributed by atoms with Gasteiger partial charge in [-0.2, -0.15) is 0 Å². The molecule has 0 amide bonds. The second-order valence-electron chi connectivity index (χ2n) is 2.73. The van der Waals surface area contributed by atoms with Crippen molar-refractivity contribution in [1.29, 1.82) is 0 Å². The number of thioether (sulfide) groups is 1. The Morgan fingerprint density at radius 2 is 1.64 bits per heavy atom. The van der Waals surface area contributed by atoms with Crippen molar-refractivity contribution in [3.63, 3.8) is 0 Å². The quantitative estimate of drug-likeness (QED) is 0.358. The van der Waals surface area contributed by atoms with E-state index in [1.165, 1.54) is 11.8 Å². The fraction of sp³-hybridized carbons (Fsp3) is 1.00. The zero-order chi connectivity index (χ0) is 11.0. The second kappa shape index (κ2) is 7.63. The van der Waals surface area contributed by atoms with Gasteiger partial charge in [0.25, 0.3) is 0 Å². The molecule has 0 bridgehead atoms. The van der Waals surface area contributed by atoms with E-state index in [1.54, 1.807) is 21.3 Å². The summed E-state index contributed by atoms with van der Waals surface area (Å²) in [5.41, 5.74) is 10.5. The molecule has 0 heterocycles. The summed E-state index contributed by atoms with van der Waals surface area (Å²) in [7, 11) is 2.45. The molecule has 0 aliphatic rings. The molecule has 0 aliphatic heterocycles. The molecule has 7 heteroatoms. The van der Waals surface area contributed by atoms with E-state index in [0.717, 1.165) is 18.2 Å². The van der Waals surface area contributed by atoms with Crippen LogP contribution >= 0.6 is 11.8 Å². The monoisotopic (exact) mass is 240 g/mol. The molecule has 5 nitrogen and oxygen atoms in total. The maximum Gasteiger partial charge on any atom is 0.500 e. The standard InChI is InChI=1S/C7H20N2O3SSi/c1-10-14(11-2,12-3)6-4-5-13-7(8)9/h7H,4-6,8-9H2,1-3H3. The van der Waals surface area contributed by atoms with E-state index in [9.17, 15) is 0 Å². The largest absolute Gasteiger partial charge is 0.500 e. The molecule has 0 unspecified atom stereocenters. The van der Waals surface area contributed by atoms with Gasteiger partial charge in [-0.3, -0.25) is 0 Å². The molecular formula is C7H20N2O3SSi. The van der Waals surface area contributed by atoms with Crippen LogP contribution in [0.3, 0.4) is 0 Å². The van der Waals surface area contributed by atoms with Gasteiger partial charge in [0, 0.05) is 27.4 Å². The third-order valence-corrected chi connectivity index (χ3v) is 5.61. The topological polar surface area (TPSA) is 79.7 Å². The summed E-state index contributed by atoms with van der Waals surface area (Å²) in [4.78, 5) is 0. The van der Waals surface area contributed by atoms with Crippen molar-refractivity contribution >= 4 is 20.6 Å². The summed E-state index contributed by atoms with van der Waals surface area (Å²) in [6.07, 6.45) is 0.928. The summed E-state index contributed by atoms with van der Waals surface area (Å²) in [5, 5.41) is 0. The highest BCUT2D eigenvalue weighted by Crippen LogP contribution is 2.17. The Balaban J connectivity index is 3.71. The molecule has 14 heavy (non-hydrogen) atoms. The number of nitrogens with two attached hydrogens (primary N) is 2. The Bertz CT molecular complexity index is 139. The van der Waals surface area contributed by atoms with Crippen molar-refractivity contribution in [3.05, 3.63) is 0 Å². The Hall–Kier alpha value is 0.367. The Morgan fingerprint density at radius 3 is 2.00 bits per heavy atom. The fourth-order valence-electron chi connectivity index (χ4n) is 1.06. The molecule has 0 aliphatic carbocycles. The lowest BCUT2D eigenvalue weighted by Crippen LogP contribution is -2.42. The molecule has 86 valence electrons. The third kappa shape index (κ3) is 5.30. The average molecular weight is 240 g/mol. The van der Waals surface area contributed by atoms with Crippen LogP contribution < -0.4 is 11.5 Å². The fourth-order valence-corrected chi connectivity index (χ4v) is 3.63. The van der Waals surface area contributed by atoms with Crippen LogP contribution in [0.5, 0.6) is 0 Å². The van der Waals surface area contributed by atoms with Gasteiger partial charge in [-0.05, 0) is 12.2 Å². The van der Waals surface area contributed by atoms with E-state index in [-0.39, 0.29) is 5.50 Å². The van der Waals surface area contributed by atoms with Gasteiger partial charge >= 0.3 is 8.80 Å². The maximum absolute atomic E-state index is 5.40. The number of hydrogen-bond donors (Lipinski definition) is 2. The van der Waals surface area contributed by atoms with Crippen molar-refractivity contribution in [2.45, 2.75) is 18.0 Å². The first kappa shape index (κ1) is 14.4. The molecule has 0 aromatic carbocycles. The lowest BCUT2D eigenvalue weighted by Gasteiger charge is -2.24. The number of hydrogen-bond acceptors (Lipinski definition) is 6. The predicted octanol–water partition coefficient (Wildman–Crippen LogP) is 0.189. The smallest absolute Gasteiger partial charge is 0.377 e. The van der Waals surface area contributed by atoms with Crippen LogP contribution in [-0.2, 0) is 13.3 Å². The summed E-state index contributed by atoms with van der Waals surface area (Å²) < 4.78 is 15.8. The SMILES string of the molecule is CO[Si](CCCSC(N)N)(OC)OC. The van der Waals surface area contributed by atoms with Gasteiger partial charge in [-0.25, -0.2) is 0 Å². The zero-order valence-electron chi connectivity index (χ0n) is 8.99. The highest BCUT2D eigenvalue weighted by atomic mass is 32.2. The van der Waals surface area contributed by atoms with Crippen LogP contribution in [0, 0.1) is 0 Å². The molecule has 0 fully saturated rings. The predicted molar refractivity (Wildman–Crippen MR) is 60.8 cm³/mol. The summed E-state index contributed by atoms with van der Waals surface area (Å²) >= 11 is 1.51. The molecular weight excluding hydrogens is 220 g/mol. The normalized spacial score (nSPS) is 12.4. The highest BCUT2D eigenvalue weighted by Gasteiger charge is 2.36. The molecule has 0 aromatic rings. The van der Waals surface area contributed by atoms with Crippen molar-refractivity contribution in [2.75, 3.05) is 27.1 Å². The lowest BCUT2D eigenvalue weighted by molar-refractivity contribution is 0.123. The minimum atomic E-state index is -2.38. The van der Waals surface area contributed by atoms with E-state index in [4.69, 9.17) is 24.7 Å². The van der Waals surface area contributed by atoms with Gasteiger partial charge in [0.15, 0.2) is 0 Å². The summed E-state index contributed by atoms with van der Waals surface area (Å²) in [5.74, 6) is 0.891. The van der Waals surface area contributed by atoms with Gasteiger partial charge < -0.3 is 24.7 Å². The maximum atomic E-state index is 5.40.